The van der Waals surface area contributed by atoms with Crippen molar-refractivity contribution in [2.45, 2.75) is 18.5 Å². The Bertz CT molecular complexity index is 879. The highest BCUT2D eigenvalue weighted by atomic mass is 127. The first-order chi connectivity index (χ1) is 11.6. The molecular weight excluding hydrogens is 458 g/mol. The third kappa shape index (κ3) is 3.00. The molecule has 1 N–H and O–H groups in total. The summed E-state index contributed by atoms with van der Waals surface area (Å²) in [6, 6.07) is 14.3. The Hall–Kier alpha value is -1.31. The molecule has 2 unspecified atom stereocenters. The Balaban J connectivity index is 1.75. The molecule has 0 bridgehead atoms. The zero-order chi connectivity index (χ0) is 16.7. The monoisotopic (exact) mass is 470 g/mol. The fourth-order valence-corrected chi connectivity index (χ4v) is 3.96. The number of nitrogens with zero attached hydrogens (tertiary/aromatic N) is 3. The summed E-state index contributed by atoms with van der Waals surface area (Å²) in [7, 11) is 0. The number of aromatic nitrogens is 3. The summed E-state index contributed by atoms with van der Waals surface area (Å²) >= 11 is 14.8. The average Bonchev–Trinajstić information content (AvgIpc) is 3.03. The molecule has 4 nitrogen and oxygen atoms in total. The van der Waals surface area contributed by atoms with Gasteiger partial charge >= 0.3 is 0 Å². The van der Waals surface area contributed by atoms with Crippen LogP contribution >= 0.6 is 45.8 Å². The van der Waals surface area contributed by atoms with Crippen molar-refractivity contribution in [3.05, 3.63) is 73.5 Å². The van der Waals surface area contributed by atoms with E-state index in [2.05, 4.69) is 62.3 Å². The highest BCUT2D eigenvalue weighted by molar-refractivity contribution is 14.1. The van der Waals surface area contributed by atoms with Crippen molar-refractivity contribution in [1.29, 1.82) is 0 Å². The van der Waals surface area contributed by atoms with E-state index in [0.717, 1.165) is 17.9 Å². The van der Waals surface area contributed by atoms with Gasteiger partial charge in [-0.05, 0) is 64.4 Å². The first-order valence-electron chi connectivity index (χ1n) is 7.48. The molecule has 0 amide bonds. The molecule has 1 aliphatic rings. The average molecular weight is 471 g/mol. The topological polar surface area (TPSA) is 42.7 Å². The van der Waals surface area contributed by atoms with Crippen LogP contribution in [-0.4, -0.2) is 14.8 Å². The molecule has 2 atom stereocenters. The van der Waals surface area contributed by atoms with E-state index >= 15 is 0 Å². The van der Waals surface area contributed by atoms with Gasteiger partial charge in [0.05, 0.1) is 12.1 Å². The molecule has 24 heavy (non-hydrogen) atoms. The molecule has 0 saturated heterocycles. The summed E-state index contributed by atoms with van der Waals surface area (Å²) in [5.41, 5.74) is 2.23. The van der Waals surface area contributed by atoms with Crippen LogP contribution < -0.4 is 5.32 Å². The van der Waals surface area contributed by atoms with E-state index in [-0.39, 0.29) is 12.1 Å². The second kappa shape index (κ2) is 6.54. The van der Waals surface area contributed by atoms with Crippen LogP contribution in [0, 0.1) is 3.57 Å². The SMILES string of the molecule is Clc1ccc(C2CC(c3ccc(I)cc3)Nc3ncnn32)c(Cl)c1. The Morgan fingerprint density at radius 3 is 2.67 bits per heavy atom. The van der Waals surface area contributed by atoms with E-state index in [0.29, 0.717) is 10.0 Å². The summed E-state index contributed by atoms with van der Waals surface area (Å²) in [6.07, 6.45) is 2.40. The number of hydrogen-bond donors (Lipinski definition) is 1. The van der Waals surface area contributed by atoms with Crippen molar-refractivity contribution < 1.29 is 0 Å². The van der Waals surface area contributed by atoms with Crippen LogP contribution in [0.5, 0.6) is 0 Å². The molecule has 0 radical (unpaired) electrons. The predicted octanol–water partition coefficient (Wildman–Crippen LogP) is 5.34. The number of rotatable bonds is 2. The lowest BCUT2D eigenvalue weighted by atomic mass is 9.93. The Labute approximate surface area is 163 Å². The molecule has 0 fully saturated rings. The fraction of sp³-hybridized carbons (Fsp3) is 0.176. The fourth-order valence-electron chi connectivity index (χ4n) is 3.06. The summed E-state index contributed by atoms with van der Waals surface area (Å²) in [6.45, 7) is 0. The molecule has 0 spiro atoms. The molecule has 4 rings (SSSR count). The van der Waals surface area contributed by atoms with Gasteiger partial charge in [0, 0.05) is 13.6 Å². The Kier molecular flexibility index (Phi) is 4.40. The van der Waals surface area contributed by atoms with Crippen LogP contribution in [0.1, 0.15) is 29.6 Å². The summed E-state index contributed by atoms with van der Waals surface area (Å²) in [5, 5.41) is 9.11. The van der Waals surface area contributed by atoms with Crippen molar-refractivity contribution in [3.8, 4) is 0 Å². The molecular formula is C17H13Cl2IN4. The van der Waals surface area contributed by atoms with Gasteiger partial charge in [0.25, 0.3) is 0 Å². The van der Waals surface area contributed by atoms with Gasteiger partial charge < -0.3 is 5.32 Å². The van der Waals surface area contributed by atoms with Crippen LogP contribution in [0.25, 0.3) is 0 Å². The van der Waals surface area contributed by atoms with Gasteiger partial charge in [0.15, 0.2) is 0 Å². The van der Waals surface area contributed by atoms with Crippen LogP contribution in [0.4, 0.5) is 5.95 Å². The maximum Gasteiger partial charge on any atom is 0.222 e. The molecule has 0 saturated carbocycles. The highest BCUT2D eigenvalue weighted by Gasteiger charge is 2.31. The number of halogens is 3. The van der Waals surface area contributed by atoms with Gasteiger partial charge in [-0.1, -0.05) is 41.4 Å². The molecule has 0 aliphatic carbocycles. The number of anilines is 1. The third-order valence-corrected chi connectivity index (χ3v) is 5.51. The number of nitrogens with one attached hydrogen (secondary N) is 1. The molecule has 2 heterocycles. The lowest BCUT2D eigenvalue weighted by Crippen LogP contribution is -2.28. The standard InChI is InChI=1S/C17H13Cl2IN4/c18-11-3-6-13(14(19)7-11)16-8-15(10-1-4-12(20)5-2-10)23-17-21-9-22-24(16)17/h1-7,9,15-16H,8H2,(H,21,22,23). The van der Waals surface area contributed by atoms with E-state index in [4.69, 9.17) is 23.2 Å². The predicted molar refractivity (Wildman–Crippen MR) is 105 cm³/mol. The van der Waals surface area contributed by atoms with Gasteiger partial charge in [0.1, 0.15) is 6.33 Å². The third-order valence-electron chi connectivity index (χ3n) is 4.22. The Morgan fingerprint density at radius 2 is 1.92 bits per heavy atom. The van der Waals surface area contributed by atoms with Crippen LogP contribution in [0.3, 0.4) is 0 Å². The van der Waals surface area contributed by atoms with Gasteiger partial charge in [-0.2, -0.15) is 10.1 Å². The van der Waals surface area contributed by atoms with E-state index < -0.39 is 0 Å². The van der Waals surface area contributed by atoms with Gasteiger partial charge in [0.2, 0.25) is 5.95 Å². The largest absolute Gasteiger partial charge is 0.348 e. The van der Waals surface area contributed by atoms with Crippen molar-refractivity contribution in [3.63, 3.8) is 0 Å². The molecule has 3 aromatic rings. The minimum Gasteiger partial charge on any atom is -0.348 e. The molecule has 1 aliphatic heterocycles. The summed E-state index contributed by atoms with van der Waals surface area (Å²) in [4.78, 5) is 4.34. The maximum absolute atomic E-state index is 6.44. The summed E-state index contributed by atoms with van der Waals surface area (Å²) < 4.78 is 3.10. The van der Waals surface area contributed by atoms with E-state index in [1.54, 1.807) is 12.4 Å². The van der Waals surface area contributed by atoms with Crippen molar-refractivity contribution in [2.75, 3.05) is 5.32 Å². The first-order valence-corrected chi connectivity index (χ1v) is 9.32. The second-order valence-electron chi connectivity index (χ2n) is 5.69. The lowest BCUT2D eigenvalue weighted by molar-refractivity contribution is 0.431. The van der Waals surface area contributed by atoms with Crippen LogP contribution in [0.2, 0.25) is 10.0 Å². The molecule has 7 heteroatoms. The highest BCUT2D eigenvalue weighted by Crippen LogP contribution is 2.40. The second-order valence-corrected chi connectivity index (χ2v) is 7.78. The maximum atomic E-state index is 6.44. The minimum atomic E-state index is 0.0118. The van der Waals surface area contributed by atoms with Gasteiger partial charge in [-0.15, -0.1) is 0 Å². The molecule has 122 valence electrons. The van der Waals surface area contributed by atoms with Crippen LogP contribution in [0.15, 0.2) is 48.8 Å². The van der Waals surface area contributed by atoms with Crippen molar-refractivity contribution >= 4 is 51.7 Å². The van der Waals surface area contributed by atoms with E-state index in [1.165, 1.54) is 9.13 Å². The normalized spacial score (nSPS) is 19.6. The lowest BCUT2D eigenvalue weighted by Gasteiger charge is -2.32. The first kappa shape index (κ1) is 16.2. The van der Waals surface area contributed by atoms with Gasteiger partial charge in [-0.25, -0.2) is 4.68 Å². The number of hydrogen-bond acceptors (Lipinski definition) is 3. The molecule has 2 aromatic carbocycles. The van der Waals surface area contributed by atoms with E-state index in [1.807, 2.05) is 16.8 Å². The molecule has 1 aromatic heterocycles. The summed E-state index contributed by atoms with van der Waals surface area (Å²) in [5.74, 6) is 0.751. The van der Waals surface area contributed by atoms with Crippen molar-refractivity contribution in [2.24, 2.45) is 0 Å². The van der Waals surface area contributed by atoms with Crippen LogP contribution in [-0.2, 0) is 0 Å². The van der Waals surface area contributed by atoms with E-state index in [9.17, 15) is 0 Å². The number of benzene rings is 2. The van der Waals surface area contributed by atoms with Crippen molar-refractivity contribution in [1.82, 2.24) is 14.8 Å². The Morgan fingerprint density at radius 1 is 1.12 bits per heavy atom. The smallest absolute Gasteiger partial charge is 0.222 e. The minimum absolute atomic E-state index is 0.0118. The zero-order valence-electron chi connectivity index (χ0n) is 12.5. The number of fused-ring (bicyclic) bond motifs is 1. The quantitative estimate of drug-likeness (QED) is 0.514. The van der Waals surface area contributed by atoms with Gasteiger partial charge in [-0.3, -0.25) is 0 Å². The zero-order valence-corrected chi connectivity index (χ0v) is 16.1.